The average molecular weight is 1450 g/mol. The lowest BCUT2D eigenvalue weighted by molar-refractivity contribution is 0.590. The summed E-state index contributed by atoms with van der Waals surface area (Å²) in [6.45, 7) is 13.5. The Morgan fingerprint density at radius 3 is 1.14 bits per heavy atom. The predicted molar refractivity (Wildman–Crippen MR) is 479 cm³/mol. The van der Waals surface area contributed by atoms with Crippen LogP contribution in [0.1, 0.15) is 52.7 Å². The van der Waals surface area contributed by atoms with E-state index in [1.54, 1.807) is 0 Å². The van der Waals surface area contributed by atoms with Crippen molar-refractivity contribution in [1.82, 2.24) is 0 Å². The van der Waals surface area contributed by atoms with Crippen molar-refractivity contribution in [3.05, 3.63) is 393 Å². The van der Waals surface area contributed by atoms with Crippen molar-refractivity contribution >= 4 is 143 Å². The number of rotatable bonds is 13. The van der Waals surface area contributed by atoms with Gasteiger partial charge in [0.15, 0.2) is 0 Å². The molecule has 0 saturated heterocycles. The number of hydrogen-bond acceptors (Lipinski definition) is 6. The molecule has 0 fully saturated rings. The third kappa shape index (κ3) is 11.8. The Kier molecular flexibility index (Phi) is 16.8. The van der Waals surface area contributed by atoms with E-state index in [0.717, 1.165) is 113 Å². The summed E-state index contributed by atoms with van der Waals surface area (Å²) in [5.74, 6) is 0. The predicted octanol–water partition coefficient (Wildman–Crippen LogP) is 24.7. The SMILES string of the molecule is CC(C)(C)c1ccc(-c2cccc(-c3ccc(C(C)(C)C)cc3)c2N2c3cc4c(cc3B3c5ccccc5N(c5ccccc5)c5cc(N(c6ccc(-c7ccccc7)cc6)c6cccc(-c7ccccc7)c6)cc2c53)B2c3ccccc3N(c3ccccc3)c3cc(N(c5ccccc5)c5ccccc5)cc(c32)S4)cc1. The minimum atomic E-state index is -0.238. The second kappa shape index (κ2) is 27.5. The summed E-state index contributed by atoms with van der Waals surface area (Å²) in [5.41, 5.74) is 35.7. The number of nitrogens with zero attached hydrogens (tertiary/aromatic N) is 5. The van der Waals surface area contributed by atoms with Gasteiger partial charge in [0.1, 0.15) is 0 Å². The molecule has 0 aromatic heterocycles. The van der Waals surface area contributed by atoms with Crippen molar-refractivity contribution in [2.45, 2.75) is 62.2 Å². The zero-order valence-corrected chi connectivity index (χ0v) is 64.5. The average Bonchev–Trinajstić information content (AvgIpc) is 0.686. The van der Waals surface area contributed by atoms with Gasteiger partial charge in [0.25, 0.3) is 6.71 Å². The van der Waals surface area contributed by atoms with E-state index >= 15 is 0 Å². The summed E-state index contributed by atoms with van der Waals surface area (Å²) >= 11 is 1.92. The lowest BCUT2D eigenvalue weighted by Crippen LogP contribution is -2.64. The minimum Gasteiger partial charge on any atom is -0.311 e. The molecule has 0 amide bonds. The van der Waals surface area contributed by atoms with Crippen LogP contribution in [0.2, 0.25) is 0 Å². The van der Waals surface area contributed by atoms with E-state index < -0.39 is 0 Å². The molecular formula is C104H81B2N5S. The van der Waals surface area contributed by atoms with Gasteiger partial charge in [-0.3, -0.25) is 0 Å². The maximum atomic E-state index is 2.74. The van der Waals surface area contributed by atoms with Crippen molar-refractivity contribution in [2.75, 3.05) is 24.5 Å². The van der Waals surface area contributed by atoms with Crippen LogP contribution in [-0.4, -0.2) is 13.4 Å². The topological polar surface area (TPSA) is 16.2 Å². The molecule has 0 unspecified atom stereocenters. The van der Waals surface area contributed by atoms with Crippen LogP contribution in [0, 0.1) is 0 Å². The van der Waals surface area contributed by atoms with Gasteiger partial charge in [-0.2, -0.15) is 0 Å². The molecule has 0 atom stereocenters. The quantitative estimate of drug-likeness (QED) is 0.106. The highest BCUT2D eigenvalue weighted by Crippen LogP contribution is 2.55. The first-order chi connectivity index (χ1) is 54.8. The molecule has 0 N–H and O–H groups in total. The van der Waals surface area contributed by atoms with Crippen LogP contribution >= 0.6 is 11.8 Å². The Hall–Kier alpha value is -13.0. The standard InChI is InChI=1S/C104H81B2N5S/c1-103(2,3)76-57-51-73(52-58-76)86-45-30-46-87(74-53-59-77(60-54-74)104(4,5)6)102(86)111-94-69-98-91(106-89-48-26-28-50-93(89)110(81-42-23-12-24-43-81)97-66-85(67-99(112-98)101(97)106)107(78-36-17-9-18-37-78)79-38-19-10-20-39-79)68-90(94)105-88-47-25-27-49-92(88)109(80-40-21-11-22-41-80)95-64-84(65-96(111)100(95)105)108(82-61-55-72(56-62-82)70-31-13-7-14-32-70)83-44-29-35-75(63-83)71-33-15-8-16-34-71/h7-69H,1-6H3. The third-order valence-electron chi connectivity index (χ3n) is 23.1. The lowest BCUT2D eigenvalue weighted by atomic mass is 9.31. The van der Waals surface area contributed by atoms with Crippen LogP contribution in [-0.2, 0) is 10.8 Å². The fourth-order valence-corrected chi connectivity index (χ4v) is 19.0. The molecule has 5 nitrogen and oxygen atoms in total. The van der Waals surface area contributed by atoms with Gasteiger partial charge in [-0.05, 0) is 198 Å². The molecule has 16 aromatic rings. The monoisotopic (exact) mass is 1450 g/mol. The van der Waals surface area contributed by atoms with Crippen LogP contribution in [0.25, 0.3) is 44.5 Å². The summed E-state index contributed by atoms with van der Waals surface area (Å²) in [7, 11) is 0. The summed E-state index contributed by atoms with van der Waals surface area (Å²) in [4.78, 5) is 15.2. The Morgan fingerprint density at radius 1 is 0.241 bits per heavy atom. The Bertz CT molecular complexity index is 6130. The molecule has 0 bridgehead atoms. The van der Waals surface area contributed by atoms with E-state index in [9.17, 15) is 0 Å². The highest BCUT2D eigenvalue weighted by Gasteiger charge is 2.48. The van der Waals surface area contributed by atoms with Crippen molar-refractivity contribution in [2.24, 2.45) is 0 Å². The molecule has 8 heteroatoms. The van der Waals surface area contributed by atoms with Crippen molar-refractivity contribution < 1.29 is 0 Å². The molecular weight excluding hydrogens is 1370 g/mol. The number of anilines is 15. The molecule has 534 valence electrons. The van der Waals surface area contributed by atoms with Gasteiger partial charge in [0.2, 0.25) is 6.71 Å². The number of hydrogen-bond donors (Lipinski definition) is 0. The molecule has 4 heterocycles. The van der Waals surface area contributed by atoms with E-state index in [-0.39, 0.29) is 24.3 Å². The summed E-state index contributed by atoms with van der Waals surface area (Å²) in [5, 5.41) is 0. The van der Waals surface area contributed by atoms with Gasteiger partial charge < -0.3 is 24.5 Å². The number of fused-ring (bicyclic) bond motifs is 8. The Balaban J connectivity index is 0.914. The molecule has 16 aromatic carbocycles. The van der Waals surface area contributed by atoms with Gasteiger partial charge in [-0.15, -0.1) is 0 Å². The van der Waals surface area contributed by atoms with Crippen molar-refractivity contribution in [1.29, 1.82) is 0 Å². The second-order valence-corrected chi connectivity index (χ2v) is 33.1. The maximum Gasteiger partial charge on any atom is 0.252 e. The first-order valence-electron chi connectivity index (χ1n) is 39.1. The second-order valence-electron chi connectivity index (χ2n) is 32.0. The van der Waals surface area contributed by atoms with Gasteiger partial charge in [-0.1, -0.05) is 326 Å². The zero-order valence-electron chi connectivity index (χ0n) is 63.7. The highest BCUT2D eigenvalue weighted by molar-refractivity contribution is 8.00. The van der Waals surface area contributed by atoms with Crippen molar-refractivity contribution in [3.8, 4) is 44.5 Å². The van der Waals surface area contributed by atoms with E-state index in [2.05, 4.69) is 448 Å². The van der Waals surface area contributed by atoms with Crippen molar-refractivity contribution in [3.63, 3.8) is 0 Å². The summed E-state index contributed by atoms with van der Waals surface area (Å²) in [6, 6.07) is 144. The largest absolute Gasteiger partial charge is 0.311 e. The molecule has 0 aliphatic carbocycles. The zero-order chi connectivity index (χ0) is 75.3. The summed E-state index contributed by atoms with van der Waals surface area (Å²) < 4.78 is 0. The van der Waals surface area contributed by atoms with E-state index in [0.29, 0.717) is 0 Å². The molecule has 20 rings (SSSR count). The fraction of sp³-hybridized carbons (Fsp3) is 0.0769. The number of para-hydroxylation sites is 7. The van der Waals surface area contributed by atoms with E-state index in [1.807, 2.05) is 11.8 Å². The van der Waals surface area contributed by atoms with Gasteiger partial charge in [0.05, 0.1) is 11.4 Å². The molecule has 4 aliphatic heterocycles. The van der Waals surface area contributed by atoms with E-state index in [4.69, 9.17) is 0 Å². The number of benzene rings is 16. The Morgan fingerprint density at radius 2 is 0.625 bits per heavy atom. The van der Waals surface area contributed by atoms with Gasteiger partial charge in [0, 0.05) is 94.9 Å². The van der Waals surface area contributed by atoms with E-state index in [1.165, 1.54) is 70.6 Å². The normalized spacial score (nSPS) is 13.0. The van der Waals surface area contributed by atoms with Crippen LogP contribution in [0.5, 0.6) is 0 Å². The molecule has 0 spiro atoms. The van der Waals surface area contributed by atoms with Crippen LogP contribution < -0.4 is 57.3 Å². The Labute approximate surface area is 663 Å². The maximum absolute atomic E-state index is 2.74. The fourth-order valence-electron chi connectivity index (χ4n) is 17.8. The van der Waals surface area contributed by atoms with Crippen LogP contribution in [0.3, 0.4) is 0 Å². The first kappa shape index (κ1) is 68.3. The highest BCUT2D eigenvalue weighted by atomic mass is 32.2. The summed E-state index contributed by atoms with van der Waals surface area (Å²) in [6.07, 6.45) is 0. The van der Waals surface area contributed by atoms with Crippen LogP contribution in [0.4, 0.5) is 85.3 Å². The first-order valence-corrected chi connectivity index (χ1v) is 39.9. The van der Waals surface area contributed by atoms with Gasteiger partial charge in [-0.25, -0.2) is 0 Å². The third-order valence-corrected chi connectivity index (χ3v) is 24.3. The molecule has 0 radical (unpaired) electrons. The van der Waals surface area contributed by atoms with Gasteiger partial charge >= 0.3 is 0 Å². The molecule has 112 heavy (non-hydrogen) atoms. The van der Waals surface area contributed by atoms with Crippen LogP contribution in [0.15, 0.2) is 392 Å². The molecule has 0 saturated carbocycles. The minimum absolute atomic E-state index is 0.0649. The smallest absolute Gasteiger partial charge is 0.252 e. The lowest BCUT2D eigenvalue weighted by Gasteiger charge is -2.46. The molecule has 4 aliphatic rings.